The van der Waals surface area contributed by atoms with Gasteiger partial charge in [-0.2, -0.15) is 0 Å². The van der Waals surface area contributed by atoms with Gasteiger partial charge in [-0.15, -0.1) is 0 Å². The average Bonchev–Trinajstić information content (AvgIpc) is 2.45. The van der Waals surface area contributed by atoms with Crippen LogP contribution in [0.15, 0.2) is 22.7 Å². The SMILES string of the molecule is CC1CC(c2ccc(Br)cc2F)C(C)N1. The minimum absolute atomic E-state index is 0.0999. The molecule has 0 aliphatic carbocycles. The Hall–Kier alpha value is -0.410. The second-order valence-electron chi connectivity index (χ2n) is 4.36. The van der Waals surface area contributed by atoms with Crippen LogP contribution in [0, 0.1) is 5.82 Å². The highest BCUT2D eigenvalue weighted by Crippen LogP contribution is 2.33. The standard InChI is InChI=1S/C12H15BrFN/c1-7-5-11(8(2)15-7)10-4-3-9(13)6-12(10)14/h3-4,6-8,11,15H,5H2,1-2H3. The van der Waals surface area contributed by atoms with Crippen LogP contribution in [0.25, 0.3) is 0 Å². The second-order valence-corrected chi connectivity index (χ2v) is 5.28. The predicted octanol–water partition coefficient (Wildman–Crippen LogP) is 3.44. The van der Waals surface area contributed by atoms with Crippen LogP contribution >= 0.6 is 15.9 Å². The molecule has 3 unspecified atom stereocenters. The van der Waals surface area contributed by atoms with E-state index in [9.17, 15) is 4.39 Å². The quantitative estimate of drug-likeness (QED) is 0.825. The number of nitrogens with one attached hydrogen (secondary N) is 1. The molecule has 1 saturated heterocycles. The minimum Gasteiger partial charge on any atom is -0.311 e. The number of benzene rings is 1. The molecule has 3 atom stereocenters. The normalized spacial score (nSPS) is 30.8. The first kappa shape index (κ1) is 11.1. The van der Waals surface area contributed by atoms with Gasteiger partial charge >= 0.3 is 0 Å². The second kappa shape index (κ2) is 4.22. The molecule has 1 N–H and O–H groups in total. The summed E-state index contributed by atoms with van der Waals surface area (Å²) >= 11 is 3.28. The molecular weight excluding hydrogens is 257 g/mol. The maximum absolute atomic E-state index is 13.7. The van der Waals surface area contributed by atoms with Crippen LogP contribution < -0.4 is 5.32 Å². The molecule has 0 amide bonds. The van der Waals surface area contributed by atoms with Gasteiger partial charge in [0.25, 0.3) is 0 Å². The van der Waals surface area contributed by atoms with E-state index >= 15 is 0 Å². The van der Waals surface area contributed by atoms with Gasteiger partial charge in [0.15, 0.2) is 0 Å². The van der Waals surface area contributed by atoms with Crippen molar-refractivity contribution in [2.75, 3.05) is 0 Å². The Morgan fingerprint density at radius 1 is 1.40 bits per heavy atom. The molecule has 0 aromatic heterocycles. The van der Waals surface area contributed by atoms with Crippen molar-refractivity contribution in [3.8, 4) is 0 Å². The summed E-state index contributed by atoms with van der Waals surface area (Å²) in [6.07, 6.45) is 1.01. The van der Waals surface area contributed by atoms with Crippen molar-refractivity contribution >= 4 is 15.9 Å². The van der Waals surface area contributed by atoms with Gasteiger partial charge < -0.3 is 5.32 Å². The zero-order chi connectivity index (χ0) is 11.0. The molecule has 0 saturated carbocycles. The first-order valence-corrected chi connectivity index (χ1v) is 6.08. The molecule has 0 radical (unpaired) electrons. The maximum atomic E-state index is 13.7. The molecule has 1 aliphatic rings. The molecule has 82 valence electrons. The Morgan fingerprint density at radius 3 is 2.67 bits per heavy atom. The summed E-state index contributed by atoms with van der Waals surface area (Å²) in [5.74, 6) is 0.199. The van der Waals surface area contributed by atoms with Crippen molar-refractivity contribution in [1.29, 1.82) is 0 Å². The van der Waals surface area contributed by atoms with E-state index in [1.54, 1.807) is 6.07 Å². The van der Waals surface area contributed by atoms with Gasteiger partial charge in [0.2, 0.25) is 0 Å². The van der Waals surface area contributed by atoms with Crippen LogP contribution in [0.4, 0.5) is 4.39 Å². The first-order valence-electron chi connectivity index (χ1n) is 5.29. The van der Waals surface area contributed by atoms with Crippen molar-refractivity contribution in [3.05, 3.63) is 34.1 Å². The van der Waals surface area contributed by atoms with Gasteiger partial charge in [0.1, 0.15) is 5.82 Å². The predicted molar refractivity (Wildman–Crippen MR) is 63.5 cm³/mol. The number of rotatable bonds is 1. The lowest BCUT2D eigenvalue weighted by Crippen LogP contribution is -2.26. The molecule has 1 heterocycles. The van der Waals surface area contributed by atoms with Crippen LogP contribution in [0.1, 0.15) is 31.7 Å². The van der Waals surface area contributed by atoms with E-state index in [0.717, 1.165) is 16.5 Å². The van der Waals surface area contributed by atoms with Gasteiger partial charge in [-0.25, -0.2) is 4.39 Å². The van der Waals surface area contributed by atoms with E-state index in [1.807, 2.05) is 12.1 Å². The highest BCUT2D eigenvalue weighted by atomic mass is 79.9. The maximum Gasteiger partial charge on any atom is 0.127 e. The smallest absolute Gasteiger partial charge is 0.127 e. The van der Waals surface area contributed by atoms with Crippen molar-refractivity contribution in [1.82, 2.24) is 5.32 Å². The lowest BCUT2D eigenvalue weighted by molar-refractivity contribution is 0.540. The zero-order valence-electron chi connectivity index (χ0n) is 8.93. The Morgan fingerprint density at radius 2 is 2.13 bits per heavy atom. The minimum atomic E-state index is -0.0999. The van der Waals surface area contributed by atoms with Gasteiger partial charge in [0, 0.05) is 22.5 Å². The summed E-state index contributed by atoms with van der Waals surface area (Å²) in [6.45, 7) is 4.27. The topological polar surface area (TPSA) is 12.0 Å². The largest absolute Gasteiger partial charge is 0.311 e. The molecule has 1 aliphatic heterocycles. The van der Waals surface area contributed by atoms with Crippen molar-refractivity contribution in [3.63, 3.8) is 0 Å². The highest BCUT2D eigenvalue weighted by molar-refractivity contribution is 9.10. The molecule has 1 aromatic rings. The molecule has 0 bridgehead atoms. The molecule has 2 rings (SSSR count). The first-order chi connectivity index (χ1) is 7.08. The molecule has 1 nitrogen and oxygen atoms in total. The summed E-state index contributed by atoms with van der Waals surface area (Å²) in [6, 6.07) is 6.18. The van der Waals surface area contributed by atoms with Crippen LogP contribution in [0.5, 0.6) is 0 Å². The third-order valence-corrected chi connectivity index (χ3v) is 3.61. The van der Waals surface area contributed by atoms with E-state index in [1.165, 1.54) is 0 Å². The molecular formula is C12H15BrFN. The monoisotopic (exact) mass is 271 g/mol. The number of hydrogen-bond donors (Lipinski definition) is 1. The lowest BCUT2D eigenvalue weighted by atomic mass is 9.91. The fourth-order valence-electron chi connectivity index (χ4n) is 2.42. The zero-order valence-corrected chi connectivity index (χ0v) is 10.5. The van der Waals surface area contributed by atoms with E-state index in [-0.39, 0.29) is 5.82 Å². The van der Waals surface area contributed by atoms with Gasteiger partial charge in [-0.1, -0.05) is 22.0 Å². The van der Waals surface area contributed by atoms with E-state index < -0.39 is 0 Å². The van der Waals surface area contributed by atoms with E-state index in [0.29, 0.717) is 18.0 Å². The lowest BCUT2D eigenvalue weighted by Gasteiger charge is -2.16. The Kier molecular flexibility index (Phi) is 3.12. The molecule has 3 heteroatoms. The summed E-state index contributed by atoms with van der Waals surface area (Å²) in [5, 5.41) is 3.43. The Bertz CT molecular complexity index is 367. The van der Waals surface area contributed by atoms with Crippen molar-refractivity contribution in [2.45, 2.75) is 38.3 Å². The van der Waals surface area contributed by atoms with Gasteiger partial charge in [0.05, 0.1) is 0 Å². The third kappa shape index (κ3) is 2.23. The Balaban J connectivity index is 2.29. The van der Waals surface area contributed by atoms with Crippen molar-refractivity contribution < 1.29 is 4.39 Å². The third-order valence-electron chi connectivity index (χ3n) is 3.12. The average molecular weight is 272 g/mol. The van der Waals surface area contributed by atoms with Crippen LogP contribution in [0.2, 0.25) is 0 Å². The molecule has 0 spiro atoms. The highest BCUT2D eigenvalue weighted by Gasteiger charge is 2.30. The Labute approximate surface area is 98.2 Å². The summed E-state index contributed by atoms with van der Waals surface area (Å²) in [5.41, 5.74) is 0.836. The summed E-state index contributed by atoms with van der Waals surface area (Å²) in [4.78, 5) is 0. The molecule has 1 fully saturated rings. The number of hydrogen-bond acceptors (Lipinski definition) is 1. The van der Waals surface area contributed by atoms with Crippen LogP contribution in [0.3, 0.4) is 0 Å². The fourth-order valence-corrected chi connectivity index (χ4v) is 2.75. The van der Waals surface area contributed by atoms with Crippen molar-refractivity contribution in [2.24, 2.45) is 0 Å². The van der Waals surface area contributed by atoms with Crippen LogP contribution in [-0.2, 0) is 0 Å². The van der Waals surface area contributed by atoms with Gasteiger partial charge in [-0.05, 0) is 38.0 Å². The summed E-state index contributed by atoms with van der Waals surface area (Å²) in [7, 11) is 0. The molecule has 1 aromatic carbocycles. The van der Waals surface area contributed by atoms with E-state index in [2.05, 4.69) is 35.1 Å². The fraction of sp³-hybridized carbons (Fsp3) is 0.500. The number of halogens is 2. The van der Waals surface area contributed by atoms with E-state index in [4.69, 9.17) is 0 Å². The molecule has 15 heavy (non-hydrogen) atoms. The van der Waals surface area contributed by atoms with Crippen LogP contribution in [-0.4, -0.2) is 12.1 Å². The summed E-state index contributed by atoms with van der Waals surface area (Å²) < 4.78 is 14.5. The van der Waals surface area contributed by atoms with Gasteiger partial charge in [-0.3, -0.25) is 0 Å².